The Morgan fingerprint density at radius 3 is 2.50 bits per heavy atom. The summed E-state index contributed by atoms with van der Waals surface area (Å²) in [5.41, 5.74) is 10.7. The zero-order valence-corrected chi connectivity index (χ0v) is 18.2. The zero-order chi connectivity index (χ0) is 22.1. The summed E-state index contributed by atoms with van der Waals surface area (Å²) in [6.07, 6.45) is 5.60. The number of nitrogens with one attached hydrogen (secondary N) is 1. The Labute approximate surface area is 186 Å². The number of carbonyl (C=O) groups is 1. The number of nitrogens with two attached hydrogens (primary N) is 1. The van der Waals surface area contributed by atoms with Crippen LogP contribution in [-0.4, -0.2) is 27.6 Å². The van der Waals surface area contributed by atoms with Crippen molar-refractivity contribution in [2.75, 3.05) is 12.8 Å². The number of fused-ring (bicyclic) bond motifs is 2. The van der Waals surface area contributed by atoms with Gasteiger partial charge >= 0.3 is 0 Å². The molecule has 0 atom stereocenters. The van der Waals surface area contributed by atoms with Gasteiger partial charge in [0.25, 0.3) is 5.91 Å². The number of rotatable bonds is 5. The maximum absolute atomic E-state index is 13.4. The van der Waals surface area contributed by atoms with Crippen LogP contribution in [0.3, 0.4) is 0 Å². The fourth-order valence-electron chi connectivity index (χ4n) is 4.73. The van der Waals surface area contributed by atoms with Gasteiger partial charge in [-0.25, -0.2) is 9.97 Å². The van der Waals surface area contributed by atoms with E-state index in [0.717, 1.165) is 48.0 Å². The smallest absolute Gasteiger partial charge is 0.257 e. The van der Waals surface area contributed by atoms with Gasteiger partial charge in [-0.1, -0.05) is 49.6 Å². The maximum atomic E-state index is 13.4. The number of hydrogen-bond acceptors (Lipinski definition) is 5. The number of hydrogen-bond donors (Lipinski definition) is 2. The van der Waals surface area contributed by atoms with Gasteiger partial charge in [0.1, 0.15) is 22.6 Å². The van der Waals surface area contributed by atoms with Crippen molar-refractivity contribution >= 4 is 33.9 Å². The molecule has 1 aliphatic carbocycles. The largest absolute Gasteiger partial charge is 0.496 e. The molecule has 0 aliphatic heterocycles. The number of benzene rings is 2. The van der Waals surface area contributed by atoms with E-state index in [2.05, 4.69) is 5.32 Å². The lowest BCUT2D eigenvalue weighted by atomic mass is 9.95. The summed E-state index contributed by atoms with van der Waals surface area (Å²) in [4.78, 5) is 23.1. The molecule has 164 valence electrons. The number of carbonyl (C=O) groups excluding carboxylic acids is 1. The van der Waals surface area contributed by atoms with Gasteiger partial charge in [0.15, 0.2) is 5.65 Å². The first-order valence-electron chi connectivity index (χ1n) is 11.1. The summed E-state index contributed by atoms with van der Waals surface area (Å²) < 4.78 is 7.45. The van der Waals surface area contributed by atoms with Gasteiger partial charge in [-0.2, -0.15) is 0 Å². The molecule has 1 fully saturated rings. The minimum absolute atomic E-state index is 0.234. The van der Waals surface area contributed by atoms with Crippen molar-refractivity contribution in [1.82, 2.24) is 19.9 Å². The van der Waals surface area contributed by atoms with E-state index in [-0.39, 0.29) is 11.9 Å². The Hall–Kier alpha value is -3.61. The highest BCUT2D eigenvalue weighted by molar-refractivity contribution is 6.10. The molecule has 2 heterocycles. The summed E-state index contributed by atoms with van der Waals surface area (Å²) in [6.45, 7) is 0.333. The maximum Gasteiger partial charge on any atom is 0.257 e. The molecular formula is C25H27N5O2. The Balaban J connectivity index is 1.58. The van der Waals surface area contributed by atoms with E-state index in [1.807, 2.05) is 53.1 Å². The molecule has 1 amide bonds. The van der Waals surface area contributed by atoms with Crippen molar-refractivity contribution in [2.24, 2.45) is 0 Å². The van der Waals surface area contributed by atoms with Gasteiger partial charge in [0.2, 0.25) is 0 Å². The van der Waals surface area contributed by atoms with Crippen molar-refractivity contribution in [3.8, 4) is 5.75 Å². The van der Waals surface area contributed by atoms with E-state index >= 15 is 0 Å². The van der Waals surface area contributed by atoms with Crippen molar-refractivity contribution in [3.05, 3.63) is 59.7 Å². The van der Waals surface area contributed by atoms with E-state index in [1.54, 1.807) is 7.11 Å². The van der Waals surface area contributed by atoms with Crippen LogP contribution < -0.4 is 15.8 Å². The van der Waals surface area contributed by atoms with E-state index in [0.29, 0.717) is 29.1 Å². The number of amides is 1. The van der Waals surface area contributed by atoms with Gasteiger partial charge < -0.3 is 20.4 Å². The van der Waals surface area contributed by atoms with Crippen LogP contribution in [0.2, 0.25) is 0 Å². The Kier molecular flexibility index (Phi) is 5.39. The molecule has 3 N–H and O–H groups in total. The minimum Gasteiger partial charge on any atom is -0.496 e. The number of para-hydroxylation sites is 3. The molecule has 4 aromatic rings. The van der Waals surface area contributed by atoms with E-state index in [9.17, 15) is 4.79 Å². The van der Waals surface area contributed by atoms with Crippen molar-refractivity contribution in [2.45, 2.75) is 44.7 Å². The van der Waals surface area contributed by atoms with Crippen molar-refractivity contribution in [1.29, 1.82) is 0 Å². The van der Waals surface area contributed by atoms with Crippen molar-refractivity contribution < 1.29 is 9.53 Å². The Morgan fingerprint density at radius 2 is 1.75 bits per heavy atom. The summed E-state index contributed by atoms with van der Waals surface area (Å²) in [6, 6.07) is 15.6. The summed E-state index contributed by atoms with van der Waals surface area (Å²) in [5, 5.41) is 3.01. The second kappa shape index (κ2) is 8.49. The molecule has 1 saturated carbocycles. The average Bonchev–Trinajstić information content (AvgIpc) is 3.12. The van der Waals surface area contributed by atoms with Crippen molar-refractivity contribution in [3.63, 3.8) is 0 Å². The predicted molar refractivity (Wildman–Crippen MR) is 126 cm³/mol. The quantitative estimate of drug-likeness (QED) is 0.483. The number of anilines is 1. The van der Waals surface area contributed by atoms with E-state index < -0.39 is 0 Å². The lowest BCUT2D eigenvalue weighted by Crippen LogP contribution is -2.24. The predicted octanol–water partition coefficient (Wildman–Crippen LogP) is 4.61. The molecule has 0 spiro atoms. The molecule has 7 nitrogen and oxygen atoms in total. The molecule has 1 aliphatic rings. The van der Waals surface area contributed by atoms with Crippen LogP contribution in [0.15, 0.2) is 48.5 Å². The molecule has 0 unspecified atom stereocenters. The van der Waals surface area contributed by atoms with E-state index in [1.165, 1.54) is 6.42 Å². The number of ether oxygens (including phenoxy) is 1. The SMILES string of the molecule is COc1ccccc1CNC(=O)c1c(N)n(C2CCCCC2)c2nc3ccccc3nc12. The molecule has 0 saturated heterocycles. The average molecular weight is 430 g/mol. The number of methoxy groups -OCH3 is 1. The number of aromatic nitrogens is 3. The summed E-state index contributed by atoms with van der Waals surface area (Å²) in [5.74, 6) is 0.925. The van der Waals surface area contributed by atoms with Gasteiger partial charge in [0, 0.05) is 18.2 Å². The fourth-order valence-corrected chi connectivity index (χ4v) is 4.73. The molecule has 32 heavy (non-hydrogen) atoms. The molecule has 0 bridgehead atoms. The minimum atomic E-state index is -0.252. The first-order valence-corrected chi connectivity index (χ1v) is 11.1. The first kappa shape index (κ1) is 20.3. The molecular weight excluding hydrogens is 402 g/mol. The molecule has 0 radical (unpaired) electrons. The van der Waals surface area contributed by atoms with Crippen LogP contribution in [0, 0.1) is 0 Å². The fraction of sp³-hybridized carbons (Fsp3) is 0.320. The van der Waals surface area contributed by atoms with Crippen LogP contribution in [-0.2, 0) is 6.54 Å². The molecule has 7 heteroatoms. The topological polar surface area (TPSA) is 95.1 Å². The third kappa shape index (κ3) is 3.53. The lowest BCUT2D eigenvalue weighted by Gasteiger charge is -2.25. The molecule has 2 aromatic carbocycles. The van der Waals surface area contributed by atoms with Gasteiger partial charge in [-0.05, 0) is 31.0 Å². The molecule has 5 rings (SSSR count). The van der Waals surface area contributed by atoms with Crippen LogP contribution >= 0.6 is 0 Å². The van der Waals surface area contributed by atoms with Crippen LogP contribution in [0.4, 0.5) is 5.82 Å². The van der Waals surface area contributed by atoms with Crippen LogP contribution in [0.5, 0.6) is 5.75 Å². The second-order valence-electron chi connectivity index (χ2n) is 8.30. The number of nitrogen functional groups attached to an aromatic ring is 1. The van der Waals surface area contributed by atoms with E-state index in [4.69, 9.17) is 20.4 Å². The van der Waals surface area contributed by atoms with Gasteiger partial charge in [0.05, 0.1) is 18.1 Å². The third-order valence-electron chi connectivity index (χ3n) is 6.33. The zero-order valence-electron chi connectivity index (χ0n) is 18.2. The lowest BCUT2D eigenvalue weighted by molar-refractivity contribution is 0.0953. The highest BCUT2D eigenvalue weighted by Crippen LogP contribution is 2.37. The Bertz CT molecular complexity index is 1290. The second-order valence-corrected chi connectivity index (χ2v) is 8.30. The highest BCUT2D eigenvalue weighted by atomic mass is 16.5. The first-order chi connectivity index (χ1) is 15.7. The highest BCUT2D eigenvalue weighted by Gasteiger charge is 2.28. The van der Waals surface area contributed by atoms with Gasteiger partial charge in [-0.15, -0.1) is 0 Å². The standard InChI is InChI=1S/C25H27N5O2/c1-32-20-14-8-5-9-16(20)15-27-25(31)21-22-24(29-19-13-7-6-12-18(19)28-22)30(23(21)26)17-10-3-2-4-11-17/h5-9,12-14,17H,2-4,10-11,15,26H2,1H3,(H,27,31). The number of nitrogens with zero attached hydrogens (tertiary/aromatic N) is 3. The summed E-state index contributed by atoms with van der Waals surface area (Å²) >= 11 is 0. The Morgan fingerprint density at radius 1 is 1.06 bits per heavy atom. The third-order valence-corrected chi connectivity index (χ3v) is 6.33. The normalized spacial score (nSPS) is 14.7. The molecule has 2 aromatic heterocycles. The van der Waals surface area contributed by atoms with Crippen LogP contribution in [0.25, 0.3) is 22.2 Å². The van der Waals surface area contributed by atoms with Gasteiger partial charge in [-0.3, -0.25) is 4.79 Å². The summed E-state index contributed by atoms with van der Waals surface area (Å²) in [7, 11) is 1.62. The monoisotopic (exact) mass is 429 g/mol. The van der Waals surface area contributed by atoms with Crippen LogP contribution in [0.1, 0.15) is 54.1 Å².